The standard InChI is InChI=1S/C14H16N2S2/c1-5-13(18-10-14-15-7-8-17-14)6-2-11(1)9-16-12-3-4-12/h1-2,5-8,12,16H,3-4,9-10H2. The van der Waals surface area contributed by atoms with Crippen molar-refractivity contribution in [3.05, 3.63) is 46.4 Å². The van der Waals surface area contributed by atoms with Gasteiger partial charge in [-0.15, -0.1) is 23.1 Å². The molecule has 94 valence electrons. The first-order valence-electron chi connectivity index (χ1n) is 6.23. The maximum absolute atomic E-state index is 4.29. The summed E-state index contributed by atoms with van der Waals surface area (Å²) >= 11 is 3.57. The zero-order valence-corrected chi connectivity index (χ0v) is 11.8. The van der Waals surface area contributed by atoms with E-state index in [-0.39, 0.29) is 0 Å². The molecule has 0 spiro atoms. The van der Waals surface area contributed by atoms with Gasteiger partial charge >= 0.3 is 0 Å². The summed E-state index contributed by atoms with van der Waals surface area (Å²) in [5, 5.41) is 6.76. The van der Waals surface area contributed by atoms with Crippen molar-refractivity contribution < 1.29 is 0 Å². The van der Waals surface area contributed by atoms with Crippen LogP contribution in [0.3, 0.4) is 0 Å². The van der Waals surface area contributed by atoms with E-state index in [0.29, 0.717) is 0 Å². The van der Waals surface area contributed by atoms with Crippen LogP contribution in [0.2, 0.25) is 0 Å². The third kappa shape index (κ3) is 3.57. The number of rotatable bonds is 6. The van der Waals surface area contributed by atoms with Gasteiger partial charge in [0.15, 0.2) is 0 Å². The summed E-state index contributed by atoms with van der Waals surface area (Å²) < 4.78 is 0. The average Bonchev–Trinajstić information content (AvgIpc) is 3.09. The highest BCUT2D eigenvalue weighted by Crippen LogP contribution is 2.24. The molecule has 2 nitrogen and oxygen atoms in total. The first kappa shape index (κ1) is 12.2. The van der Waals surface area contributed by atoms with Crippen LogP contribution >= 0.6 is 23.1 Å². The quantitative estimate of drug-likeness (QED) is 0.815. The maximum atomic E-state index is 4.29. The lowest BCUT2D eigenvalue weighted by Crippen LogP contribution is -2.14. The Labute approximate surface area is 116 Å². The van der Waals surface area contributed by atoms with E-state index in [9.17, 15) is 0 Å². The van der Waals surface area contributed by atoms with Gasteiger partial charge in [0.25, 0.3) is 0 Å². The molecule has 3 rings (SSSR count). The molecule has 4 heteroatoms. The van der Waals surface area contributed by atoms with Crippen LogP contribution in [0.1, 0.15) is 23.4 Å². The van der Waals surface area contributed by atoms with Gasteiger partial charge in [-0.3, -0.25) is 0 Å². The first-order valence-corrected chi connectivity index (χ1v) is 8.10. The second-order valence-electron chi connectivity index (χ2n) is 4.51. The zero-order chi connectivity index (χ0) is 12.2. The topological polar surface area (TPSA) is 24.9 Å². The van der Waals surface area contributed by atoms with Gasteiger partial charge in [0.05, 0.1) is 5.75 Å². The van der Waals surface area contributed by atoms with E-state index < -0.39 is 0 Å². The van der Waals surface area contributed by atoms with Gasteiger partial charge < -0.3 is 5.32 Å². The first-order chi connectivity index (χ1) is 8.90. The number of thiazole rings is 1. The molecule has 0 unspecified atom stereocenters. The van der Waals surface area contributed by atoms with Gasteiger partial charge in [-0.1, -0.05) is 12.1 Å². The molecule has 1 aromatic heterocycles. The average molecular weight is 276 g/mol. The Balaban J connectivity index is 1.50. The molecule has 1 N–H and O–H groups in total. The Hall–Kier alpha value is -0.840. The highest BCUT2D eigenvalue weighted by atomic mass is 32.2. The number of nitrogens with zero attached hydrogens (tertiary/aromatic N) is 1. The summed E-state index contributed by atoms with van der Waals surface area (Å²) in [4.78, 5) is 5.61. The van der Waals surface area contributed by atoms with Crippen molar-refractivity contribution >= 4 is 23.1 Å². The molecule has 1 heterocycles. The van der Waals surface area contributed by atoms with Crippen molar-refractivity contribution in [3.63, 3.8) is 0 Å². The van der Waals surface area contributed by atoms with Crippen molar-refractivity contribution in [1.82, 2.24) is 10.3 Å². The minimum Gasteiger partial charge on any atom is -0.310 e. The lowest BCUT2D eigenvalue weighted by molar-refractivity contribution is 0.687. The number of benzene rings is 1. The van der Waals surface area contributed by atoms with Gasteiger partial charge in [-0.2, -0.15) is 0 Å². The number of hydrogen-bond acceptors (Lipinski definition) is 4. The van der Waals surface area contributed by atoms with E-state index in [1.165, 1.54) is 28.3 Å². The highest BCUT2D eigenvalue weighted by molar-refractivity contribution is 7.98. The highest BCUT2D eigenvalue weighted by Gasteiger charge is 2.19. The molecule has 18 heavy (non-hydrogen) atoms. The summed E-state index contributed by atoms with van der Waals surface area (Å²) in [5.41, 5.74) is 1.38. The van der Waals surface area contributed by atoms with Crippen LogP contribution in [-0.2, 0) is 12.3 Å². The van der Waals surface area contributed by atoms with Crippen molar-refractivity contribution in [3.8, 4) is 0 Å². The SMILES string of the molecule is c1csc(CSc2ccc(CNC3CC3)cc2)n1. The van der Waals surface area contributed by atoms with E-state index in [2.05, 4.69) is 34.6 Å². The maximum Gasteiger partial charge on any atom is 0.103 e. The second kappa shape index (κ2) is 5.87. The molecule has 1 aromatic carbocycles. The van der Waals surface area contributed by atoms with Crippen LogP contribution < -0.4 is 5.32 Å². The van der Waals surface area contributed by atoms with E-state index in [0.717, 1.165) is 18.3 Å². The summed E-state index contributed by atoms with van der Waals surface area (Å²) in [6, 6.07) is 9.65. The minimum absolute atomic E-state index is 0.781. The third-order valence-corrected chi connectivity index (χ3v) is 4.93. The Bertz CT molecular complexity index is 475. The number of nitrogens with one attached hydrogen (secondary N) is 1. The van der Waals surface area contributed by atoms with Crippen LogP contribution in [0, 0.1) is 0 Å². The largest absolute Gasteiger partial charge is 0.310 e. The lowest BCUT2D eigenvalue weighted by Gasteiger charge is -2.04. The molecular weight excluding hydrogens is 260 g/mol. The summed E-state index contributed by atoms with van der Waals surface area (Å²) in [5.74, 6) is 0.970. The molecule has 1 aliphatic carbocycles. The van der Waals surface area contributed by atoms with Gasteiger partial charge in [-0.05, 0) is 30.5 Å². The van der Waals surface area contributed by atoms with Gasteiger partial charge in [-0.25, -0.2) is 4.98 Å². The van der Waals surface area contributed by atoms with Crippen LogP contribution in [-0.4, -0.2) is 11.0 Å². The Kier molecular flexibility index (Phi) is 3.98. The predicted molar refractivity (Wildman–Crippen MR) is 78.0 cm³/mol. The number of hydrogen-bond donors (Lipinski definition) is 1. The molecule has 2 aromatic rings. The number of aromatic nitrogens is 1. The fourth-order valence-electron chi connectivity index (χ4n) is 1.72. The van der Waals surface area contributed by atoms with Crippen molar-refractivity contribution in [2.24, 2.45) is 0 Å². The summed E-state index contributed by atoms with van der Waals surface area (Å²) in [6.45, 7) is 1.00. The van der Waals surface area contributed by atoms with Crippen molar-refractivity contribution in [2.75, 3.05) is 0 Å². The molecular formula is C14H16N2S2. The fraction of sp³-hybridized carbons (Fsp3) is 0.357. The van der Waals surface area contributed by atoms with Crippen LogP contribution in [0.15, 0.2) is 40.7 Å². The van der Waals surface area contributed by atoms with Crippen molar-refractivity contribution in [1.29, 1.82) is 0 Å². The minimum atomic E-state index is 0.781. The molecule has 0 bridgehead atoms. The fourth-order valence-corrected chi connectivity index (χ4v) is 3.27. The summed E-state index contributed by atoms with van der Waals surface area (Å²) in [6.07, 6.45) is 4.57. The molecule has 0 saturated heterocycles. The summed E-state index contributed by atoms with van der Waals surface area (Å²) in [7, 11) is 0. The van der Waals surface area contributed by atoms with Gasteiger partial charge in [0.2, 0.25) is 0 Å². The molecule has 1 saturated carbocycles. The van der Waals surface area contributed by atoms with Gasteiger partial charge in [0.1, 0.15) is 5.01 Å². The molecule has 0 atom stereocenters. The normalized spacial score (nSPS) is 14.9. The Morgan fingerprint density at radius 3 is 2.78 bits per heavy atom. The molecule has 0 radical (unpaired) electrons. The lowest BCUT2D eigenvalue weighted by atomic mass is 10.2. The molecule has 0 amide bonds. The molecule has 1 aliphatic rings. The molecule has 1 fully saturated rings. The van der Waals surface area contributed by atoms with E-state index in [1.807, 2.05) is 23.3 Å². The van der Waals surface area contributed by atoms with E-state index >= 15 is 0 Å². The van der Waals surface area contributed by atoms with Crippen LogP contribution in [0.5, 0.6) is 0 Å². The predicted octanol–water partition coefficient (Wildman–Crippen LogP) is 3.69. The number of thioether (sulfide) groups is 1. The Morgan fingerprint density at radius 2 is 2.11 bits per heavy atom. The third-order valence-electron chi connectivity index (χ3n) is 2.94. The van der Waals surface area contributed by atoms with Crippen molar-refractivity contribution in [2.45, 2.75) is 36.1 Å². The van der Waals surface area contributed by atoms with Crippen LogP contribution in [0.25, 0.3) is 0 Å². The smallest absolute Gasteiger partial charge is 0.103 e. The monoisotopic (exact) mass is 276 g/mol. The van der Waals surface area contributed by atoms with E-state index in [4.69, 9.17) is 0 Å². The van der Waals surface area contributed by atoms with Crippen LogP contribution in [0.4, 0.5) is 0 Å². The van der Waals surface area contributed by atoms with E-state index in [1.54, 1.807) is 11.3 Å². The zero-order valence-electron chi connectivity index (χ0n) is 10.1. The Morgan fingerprint density at radius 1 is 1.28 bits per heavy atom. The molecule has 0 aliphatic heterocycles. The van der Waals surface area contributed by atoms with Gasteiger partial charge in [0, 0.05) is 29.1 Å². The second-order valence-corrected chi connectivity index (χ2v) is 6.54.